The monoisotopic (exact) mass is 558 g/mol. The highest BCUT2D eigenvalue weighted by molar-refractivity contribution is 6.10. The third-order valence-corrected chi connectivity index (χ3v) is 7.14. The number of aliphatic hydroxyl groups is 2. The summed E-state index contributed by atoms with van der Waals surface area (Å²) in [6, 6.07) is 23.7. The highest BCUT2D eigenvalue weighted by atomic mass is 16.6. The van der Waals surface area contributed by atoms with Crippen molar-refractivity contribution in [3.8, 4) is 0 Å². The van der Waals surface area contributed by atoms with E-state index in [1.165, 1.54) is 0 Å². The molecular formula is C33H38N2O6. The number of Topliss-reactive ketones (excluding diaryl/α,β-unsaturated/α-hetero) is 1. The van der Waals surface area contributed by atoms with Gasteiger partial charge in [0.25, 0.3) is 0 Å². The summed E-state index contributed by atoms with van der Waals surface area (Å²) in [7, 11) is 0. The van der Waals surface area contributed by atoms with Gasteiger partial charge in [-0.2, -0.15) is 0 Å². The SMILES string of the molecule is CC(C)(C)OC(=O)NC(Cc1ccccc1)C(O)CC(C(=O)NC1c2ccccc2CC1O)C(=O)c1ccccc1. The molecule has 0 saturated carbocycles. The number of amides is 2. The smallest absolute Gasteiger partial charge is 0.407 e. The second kappa shape index (κ2) is 13.1. The van der Waals surface area contributed by atoms with E-state index in [0.717, 1.165) is 16.7 Å². The summed E-state index contributed by atoms with van der Waals surface area (Å²) in [4.78, 5) is 40.1. The fourth-order valence-electron chi connectivity index (χ4n) is 5.15. The van der Waals surface area contributed by atoms with Crippen LogP contribution in [-0.4, -0.2) is 51.8 Å². The highest BCUT2D eigenvalue weighted by Gasteiger charge is 2.38. The predicted octanol–water partition coefficient (Wildman–Crippen LogP) is 4.15. The molecule has 216 valence electrons. The Labute approximate surface area is 240 Å². The first-order valence-electron chi connectivity index (χ1n) is 13.9. The predicted molar refractivity (Wildman–Crippen MR) is 155 cm³/mol. The number of carbonyl (C=O) groups is 3. The standard InChI is InChI=1S/C33H38N2O6/c1-33(2,3)41-32(40)34-26(18-21-12-6-4-7-13-21)27(36)20-25(30(38)22-14-8-5-9-15-22)31(39)35-29-24-17-11-10-16-23(24)19-28(29)37/h4-17,25-29,36-37H,18-20H2,1-3H3,(H,34,40)(H,35,39). The van der Waals surface area contributed by atoms with Crippen LogP contribution in [0.15, 0.2) is 84.9 Å². The van der Waals surface area contributed by atoms with Crippen LogP contribution in [0.5, 0.6) is 0 Å². The van der Waals surface area contributed by atoms with Crippen LogP contribution in [0.25, 0.3) is 0 Å². The van der Waals surface area contributed by atoms with E-state index < -0.39 is 53.6 Å². The molecule has 0 fully saturated rings. The Bertz CT molecular complexity index is 1340. The molecule has 4 rings (SSSR count). The van der Waals surface area contributed by atoms with Gasteiger partial charge >= 0.3 is 6.09 Å². The second-order valence-corrected chi connectivity index (χ2v) is 11.5. The summed E-state index contributed by atoms with van der Waals surface area (Å²) in [6.07, 6.45) is -2.43. The van der Waals surface area contributed by atoms with E-state index in [-0.39, 0.29) is 12.8 Å². The number of fused-ring (bicyclic) bond motifs is 1. The number of benzene rings is 3. The first-order valence-corrected chi connectivity index (χ1v) is 13.9. The zero-order valence-corrected chi connectivity index (χ0v) is 23.6. The minimum atomic E-state index is -1.27. The van der Waals surface area contributed by atoms with Crippen molar-refractivity contribution in [3.05, 3.63) is 107 Å². The van der Waals surface area contributed by atoms with E-state index in [9.17, 15) is 24.6 Å². The largest absolute Gasteiger partial charge is 0.444 e. The normalized spacial score (nSPS) is 18.5. The lowest BCUT2D eigenvalue weighted by Crippen LogP contribution is -2.49. The van der Waals surface area contributed by atoms with Crippen molar-refractivity contribution in [3.63, 3.8) is 0 Å². The summed E-state index contributed by atoms with van der Waals surface area (Å²) in [6.45, 7) is 5.22. The van der Waals surface area contributed by atoms with Gasteiger partial charge < -0.3 is 25.6 Å². The number of nitrogens with one attached hydrogen (secondary N) is 2. The molecule has 0 heterocycles. The van der Waals surface area contributed by atoms with Crippen LogP contribution in [0.3, 0.4) is 0 Å². The van der Waals surface area contributed by atoms with Crippen LogP contribution in [0, 0.1) is 5.92 Å². The van der Waals surface area contributed by atoms with Crippen LogP contribution in [0.4, 0.5) is 4.79 Å². The minimum Gasteiger partial charge on any atom is -0.444 e. The number of ether oxygens (including phenoxy) is 1. The van der Waals surface area contributed by atoms with Crippen LogP contribution in [0.2, 0.25) is 0 Å². The van der Waals surface area contributed by atoms with Gasteiger partial charge in [0.15, 0.2) is 5.78 Å². The Kier molecular flexibility index (Phi) is 9.57. The quantitative estimate of drug-likeness (QED) is 0.219. The molecule has 5 atom stereocenters. The first kappa shape index (κ1) is 30.0. The number of hydrogen-bond donors (Lipinski definition) is 4. The van der Waals surface area contributed by atoms with Crippen LogP contribution in [0.1, 0.15) is 60.3 Å². The third kappa shape index (κ3) is 8.02. The van der Waals surface area contributed by atoms with E-state index in [0.29, 0.717) is 12.0 Å². The Morgan fingerprint density at radius 3 is 2.20 bits per heavy atom. The van der Waals surface area contributed by atoms with Crippen molar-refractivity contribution < 1.29 is 29.3 Å². The molecule has 5 unspecified atom stereocenters. The molecule has 4 N–H and O–H groups in total. The highest BCUT2D eigenvalue weighted by Crippen LogP contribution is 2.32. The van der Waals surface area contributed by atoms with Gasteiger partial charge in [-0.1, -0.05) is 84.9 Å². The maximum atomic E-state index is 13.7. The maximum Gasteiger partial charge on any atom is 0.407 e. The van der Waals surface area contributed by atoms with E-state index in [1.807, 2.05) is 54.6 Å². The van der Waals surface area contributed by atoms with Crippen LogP contribution in [-0.2, 0) is 22.4 Å². The average molecular weight is 559 g/mol. The van der Waals surface area contributed by atoms with Crippen molar-refractivity contribution in [2.75, 3.05) is 0 Å². The Balaban J connectivity index is 1.59. The van der Waals surface area contributed by atoms with Gasteiger partial charge in [-0.3, -0.25) is 9.59 Å². The lowest BCUT2D eigenvalue weighted by molar-refractivity contribution is -0.126. The molecule has 0 saturated heterocycles. The average Bonchev–Trinajstić information content (AvgIpc) is 3.25. The fourth-order valence-corrected chi connectivity index (χ4v) is 5.15. The van der Waals surface area contributed by atoms with E-state index in [2.05, 4.69) is 10.6 Å². The zero-order valence-electron chi connectivity index (χ0n) is 23.6. The van der Waals surface area contributed by atoms with Gasteiger partial charge in [-0.15, -0.1) is 0 Å². The maximum absolute atomic E-state index is 13.7. The second-order valence-electron chi connectivity index (χ2n) is 11.5. The van der Waals surface area contributed by atoms with Gasteiger partial charge in [-0.05, 0) is 50.3 Å². The first-order chi connectivity index (χ1) is 19.5. The van der Waals surface area contributed by atoms with E-state index >= 15 is 0 Å². The van der Waals surface area contributed by atoms with Crippen LogP contribution < -0.4 is 10.6 Å². The van der Waals surface area contributed by atoms with Gasteiger partial charge in [-0.25, -0.2) is 4.79 Å². The topological polar surface area (TPSA) is 125 Å². The molecule has 3 aromatic rings. The molecule has 2 amide bonds. The molecule has 3 aromatic carbocycles. The van der Waals surface area contributed by atoms with E-state index in [4.69, 9.17) is 4.74 Å². The molecule has 1 aliphatic carbocycles. The number of carbonyl (C=O) groups excluding carboxylic acids is 3. The summed E-state index contributed by atoms with van der Waals surface area (Å²) < 4.78 is 5.42. The third-order valence-electron chi connectivity index (χ3n) is 7.14. The molecule has 0 spiro atoms. The molecule has 41 heavy (non-hydrogen) atoms. The zero-order chi connectivity index (χ0) is 29.6. The molecule has 0 bridgehead atoms. The molecule has 0 aromatic heterocycles. The Morgan fingerprint density at radius 2 is 1.54 bits per heavy atom. The lowest BCUT2D eigenvalue weighted by atomic mass is 9.87. The molecule has 0 aliphatic heterocycles. The lowest BCUT2D eigenvalue weighted by Gasteiger charge is -2.29. The Morgan fingerprint density at radius 1 is 0.927 bits per heavy atom. The molecule has 8 heteroatoms. The summed E-state index contributed by atoms with van der Waals surface area (Å²) in [5.74, 6) is -2.33. The number of hydrogen-bond acceptors (Lipinski definition) is 6. The fraction of sp³-hybridized carbons (Fsp3) is 0.364. The van der Waals surface area contributed by atoms with Crippen molar-refractivity contribution in [2.24, 2.45) is 5.92 Å². The summed E-state index contributed by atoms with van der Waals surface area (Å²) in [5, 5.41) is 27.8. The summed E-state index contributed by atoms with van der Waals surface area (Å²) >= 11 is 0. The number of ketones is 1. The van der Waals surface area contributed by atoms with Crippen molar-refractivity contribution in [2.45, 2.75) is 69.9 Å². The molecule has 8 nitrogen and oxygen atoms in total. The van der Waals surface area contributed by atoms with Crippen LogP contribution >= 0.6 is 0 Å². The number of rotatable bonds is 10. The van der Waals surface area contributed by atoms with E-state index in [1.54, 1.807) is 51.1 Å². The molecule has 0 radical (unpaired) electrons. The molecule has 1 aliphatic rings. The van der Waals surface area contributed by atoms with Gasteiger partial charge in [0.05, 0.1) is 24.3 Å². The molecular weight excluding hydrogens is 520 g/mol. The minimum absolute atomic E-state index is 0.253. The van der Waals surface area contributed by atoms with Crippen molar-refractivity contribution in [1.29, 1.82) is 0 Å². The number of alkyl carbamates (subject to hydrolysis) is 1. The van der Waals surface area contributed by atoms with Crippen molar-refractivity contribution in [1.82, 2.24) is 10.6 Å². The van der Waals surface area contributed by atoms with Gasteiger partial charge in [0.2, 0.25) is 5.91 Å². The van der Waals surface area contributed by atoms with Gasteiger partial charge in [0, 0.05) is 12.0 Å². The number of aliphatic hydroxyl groups excluding tert-OH is 2. The summed E-state index contributed by atoms with van der Waals surface area (Å²) in [5.41, 5.74) is 2.16. The van der Waals surface area contributed by atoms with Gasteiger partial charge in [0.1, 0.15) is 11.5 Å². The van der Waals surface area contributed by atoms with Crippen molar-refractivity contribution >= 4 is 17.8 Å². The Hall–Kier alpha value is -4.01.